The molecule has 1 aliphatic rings. The van der Waals surface area contributed by atoms with Crippen LogP contribution in [0.1, 0.15) is 28.4 Å². The number of rotatable bonds is 6. The maximum Gasteiger partial charge on any atom is 0.259 e. The van der Waals surface area contributed by atoms with Crippen molar-refractivity contribution >= 4 is 17.5 Å². The van der Waals surface area contributed by atoms with Gasteiger partial charge in [-0.15, -0.1) is 0 Å². The van der Waals surface area contributed by atoms with E-state index >= 15 is 0 Å². The van der Waals surface area contributed by atoms with Crippen LogP contribution in [0.25, 0.3) is 22.6 Å². The summed E-state index contributed by atoms with van der Waals surface area (Å²) in [5, 5.41) is 7.78. The van der Waals surface area contributed by atoms with E-state index in [1.54, 1.807) is 13.0 Å². The molecule has 0 bridgehead atoms. The van der Waals surface area contributed by atoms with Crippen molar-refractivity contribution in [2.75, 3.05) is 0 Å². The van der Waals surface area contributed by atoms with E-state index in [2.05, 4.69) is 11.9 Å². The third-order valence-corrected chi connectivity index (χ3v) is 6.06. The average molecular weight is 449 g/mol. The van der Waals surface area contributed by atoms with E-state index in [1.165, 1.54) is 4.90 Å². The van der Waals surface area contributed by atoms with Gasteiger partial charge in [-0.25, -0.2) is 4.68 Å². The van der Waals surface area contributed by atoms with Crippen molar-refractivity contribution in [3.8, 4) is 16.9 Å². The molecular weight excluding hydrogens is 424 g/mol. The van der Waals surface area contributed by atoms with Gasteiger partial charge in [-0.05, 0) is 25.1 Å². The van der Waals surface area contributed by atoms with Crippen LogP contribution in [0.3, 0.4) is 0 Å². The smallest absolute Gasteiger partial charge is 0.259 e. The first kappa shape index (κ1) is 21.4. The monoisotopic (exact) mass is 448 g/mol. The molecule has 0 unspecified atom stereocenters. The van der Waals surface area contributed by atoms with Gasteiger partial charge in [0.05, 0.1) is 11.4 Å². The highest BCUT2D eigenvalue weighted by molar-refractivity contribution is 6.10. The molecule has 0 radical (unpaired) electrons. The predicted molar refractivity (Wildman–Crippen MR) is 132 cm³/mol. The fourth-order valence-electron chi connectivity index (χ4n) is 4.25. The summed E-state index contributed by atoms with van der Waals surface area (Å²) >= 11 is 0. The van der Waals surface area contributed by atoms with Crippen LogP contribution >= 0.6 is 0 Å². The summed E-state index contributed by atoms with van der Waals surface area (Å²) in [5.41, 5.74) is 5.46. The zero-order valence-corrected chi connectivity index (χ0v) is 18.8. The number of amides is 2. The molecular formula is C28H24N4O2. The molecule has 0 spiro atoms. The number of nitrogens with zero attached hydrogens (tertiary/aromatic N) is 3. The van der Waals surface area contributed by atoms with E-state index in [0.717, 1.165) is 28.1 Å². The van der Waals surface area contributed by atoms with Crippen molar-refractivity contribution in [2.24, 2.45) is 0 Å². The molecule has 2 amide bonds. The number of hydrogen-bond donors (Lipinski definition) is 1. The molecule has 1 atom stereocenters. The first-order chi connectivity index (χ1) is 16.5. The van der Waals surface area contributed by atoms with Crippen LogP contribution in [-0.2, 0) is 11.3 Å². The van der Waals surface area contributed by atoms with Gasteiger partial charge < -0.3 is 5.32 Å². The molecule has 1 N–H and O–H groups in total. The molecule has 0 aliphatic carbocycles. The lowest BCUT2D eigenvalue weighted by molar-refractivity contribution is -0.124. The Morgan fingerprint density at radius 2 is 1.56 bits per heavy atom. The minimum absolute atomic E-state index is 0.204. The first-order valence-corrected chi connectivity index (χ1v) is 11.1. The van der Waals surface area contributed by atoms with Crippen LogP contribution in [0.4, 0.5) is 0 Å². The first-order valence-electron chi connectivity index (χ1n) is 11.1. The zero-order valence-electron chi connectivity index (χ0n) is 18.8. The van der Waals surface area contributed by atoms with Crippen molar-refractivity contribution in [1.82, 2.24) is 20.0 Å². The summed E-state index contributed by atoms with van der Waals surface area (Å²) in [6, 6.07) is 26.3. The minimum Gasteiger partial charge on any atom is -0.350 e. The minimum atomic E-state index is -0.697. The highest BCUT2D eigenvalue weighted by atomic mass is 16.2. The highest BCUT2D eigenvalue weighted by Gasteiger charge is 2.36. The Hall–Kier alpha value is -4.45. The lowest BCUT2D eigenvalue weighted by Crippen LogP contribution is -2.44. The molecule has 1 aromatic heterocycles. The summed E-state index contributed by atoms with van der Waals surface area (Å²) in [6.45, 7) is 6.05. The third kappa shape index (κ3) is 3.79. The Morgan fingerprint density at radius 3 is 2.24 bits per heavy atom. The van der Waals surface area contributed by atoms with Gasteiger partial charge in [-0.2, -0.15) is 5.10 Å². The average Bonchev–Trinajstić information content (AvgIpc) is 3.42. The van der Waals surface area contributed by atoms with E-state index in [1.807, 2.05) is 89.7 Å². The van der Waals surface area contributed by atoms with Gasteiger partial charge in [0.2, 0.25) is 5.91 Å². The molecule has 6 heteroatoms. The summed E-state index contributed by atoms with van der Waals surface area (Å²) < 4.78 is 1.82. The van der Waals surface area contributed by atoms with E-state index in [-0.39, 0.29) is 18.4 Å². The number of fused-ring (bicyclic) bond motifs is 1. The Bertz CT molecular complexity index is 1340. The quantitative estimate of drug-likeness (QED) is 0.466. The molecule has 6 nitrogen and oxygen atoms in total. The largest absolute Gasteiger partial charge is 0.350 e. The van der Waals surface area contributed by atoms with E-state index in [4.69, 9.17) is 5.10 Å². The van der Waals surface area contributed by atoms with Gasteiger partial charge in [-0.1, -0.05) is 73.3 Å². The number of benzene rings is 3. The Kier molecular flexibility index (Phi) is 5.55. The number of carbonyl (C=O) groups excluding carboxylic acids is 2. The second-order valence-corrected chi connectivity index (χ2v) is 8.21. The fraction of sp³-hybridized carbons (Fsp3) is 0.107. The zero-order chi connectivity index (χ0) is 23.7. The lowest BCUT2D eigenvalue weighted by Gasteiger charge is -2.24. The normalized spacial score (nSPS) is 13.6. The molecule has 1 aliphatic heterocycles. The second kappa shape index (κ2) is 8.83. The van der Waals surface area contributed by atoms with Crippen LogP contribution in [0.15, 0.2) is 97.7 Å². The molecule has 0 saturated heterocycles. The molecule has 5 rings (SSSR count). The third-order valence-electron chi connectivity index (χ3n) is 6.06. The molecule has 168 valence electrons. The number of carbonyl (C=O) groups is 2. The molecule has 4 aromatic rings. The Balaban J connectivity index is 1.37. The van der Waals surface area contributed by atoms with Crippen molar-refractivity contribution in [1.29, 1.82) is 0 Å². The number of aromatic nitrogens is 2. The molecule has 0 fully saturated rings. The van der Waals surface area contributed by atoms with Gasteiger partial charge >= 0.3 is 0 Å². The van der Waals surface area contributed by atoms with Crippen LogP contribution in [-0.4, -0.2) is 32.5 Å². The summed E-state index contributed by atoms with van der Waals surface area (Å²) in [6.07, 6.45) is 1.93. The van der Waals surface area contributed by atoms with Crippen LogP contribution in [0.2, 0.25) is 0 Å². The standard InChI is InChI=1S/C28H24N4O2/c1-19-24-15-9-10-16-25(24)28(34)32(19)20(2)27(33)29-17-22-18-31(23-13-7-4-8-14-23)30-26(22)21-11-5-3-6-12-21/h3-16,18,20H,1,17H2,2H3,(H,29,33)/t20-/m0/s1. The van der Waals surface area contributed by atoms with E-state index < -0.39 is 6.04 Å². The van der Waals surface area contributed by atoms with E-state index in [9.17, 15) is 9.59 Å². The van der Waals surface area contributed by atoms with Crippen LogP contribution in [0.5, 0.6) is 0 Å². The van der Waals surface area contributed by atoms with Gasteiger partial charge in [-0.3, -0.25) is 14.5 Å². The SMILES string of the molecule is C=C1c2ccccc2C(=O)N1[C@@H](C)C(=O)NCc1cn(-c2ccccc2)nc1-c1ccccc1. The fourth-order valence-corrected chi connectivity index (χ4v) is 4.25. The summed E-state index contributed by atoms with van der Waals surface area (Å²) in [4.78, 5) is 27.5. The van der Waals surface area contributed by atoms with Crippen molar-refractivity contribution < 1.29 is 9.59 Å². The molecule has 0 saturated carbocycles. The number of hydrogen-bond acceptors (Lipinski definition) is 3. The Labute approximate surface area is 198 Å². The molecule has 3 aromatic carbocycles. The lowest BCUT2D eigenvalue weighted by atomic mass is 10.1. The molecule has 34 heavy (non-hydrogen) atoms. The van der Waals surface area contributed by atoms with Crippen LogP contribution in [0, 0.1) is 0 Å². The van der Waals surface area contributed by atoms with Crippen molar-refractivity contribution in [2.45, 2.75) is 19.5 Å². The topological polar surface area (TPSA) is 67.2 Å². The van der Waals surface area contributed by atoms with Crippen molar-refractivity contribution in [3.63, 3.8) is 0 Å². The van der Waals surface area contributed by atoms with Crippen molar-refractivity contribution in [3.05, 3.63) is 114 Å². The Morgan fingerprint density at radius 1 is 0.941 bits per heavy atom. The maximum atomic E-state index is 13.1. The number of para-hydroxylation sites is 1. The van der Waals surface area contributed by atoms with Gasteiger partial charge in [0.1, 0.15) is 6.04 Å². The summed E-state index contributed by atoms with van der Waals surface area (Å²) in [7, 11) is 0. The van der Waals surface area contributed by atoms with E-state index in [0.29, 0.717) is 11.3 Å². The van der Waals surface area contributed by atoms with Gasteiger partial charge in [0.15, 0.2) is 0 Å². The number of nitrogens with one attached hydrogen (secondary N) is 1. The van der Waals surface area contributed by atoms with Gasteiger partial charge in [0, 0.05) is 40.7 Å². The molecule has 2 heterocycles. The van der Waals surface area contributed by atoms with Gasteiger partial charge in [0.25, 0.3) is 5.91 Å². The summed E-state index contributed by atoms with van der Waals surface area (Å²) in [5.74, 6) is -0.459. The second-order valence-electron chi connectivity index (χ2n) is 8.21. The highest BCUT2D eigenvalue weighted by Crippen LogP contribution is 2.33. The predicted octanol–water partition coefficient (Wildman–Crippen LogP) is 4.67. The maximum absolute atomic E-state index is 13.1. The van der Waals surface area contributed by atoms with Crippen LogP contribution < -0.4 is 5.32 Å².